The van der Waals surface area contributed by atoms with Crippen LogP contribution in [0.4, 0.5) is 4.39 Å². The molecule has 0 bridgehead atoms. The minimum atomic E-state index is -0.182. The molecule has 0 radical (unpaired) electrons. The molecule has 3 rings (SSSR count). The van der Waals surface area contributed by atoms with Crippen molar-refractivity contribution in [1.29, 1.82) is 0 Å². The Hall–Kier alpha value is -0.930. The standard InChI is InChI=1S/C13H16FNO/c1-15-8-2-3-11(15)13-12(16-13)9-4-6-10(14)7-5-9/h4-7,11-13H,2-3,8H2,1H3/t11-,12+,13+/m1/s1. The summed E-state index contributed by atoms with van der Waals surface area (Å²) in [6.07, 6.45) is 2.99. The Morgan fingerprint density at radius 3 is 2.69 bits per heavy atom. The van der Waals surface area contributed by atoms with Gasteiger partial charge in [-0.25, -0.2) is 4.39 Å². The molecule has 3 heteroatoms. The second-order valence-corrected chi connectivity index (χ2v) is 4.76. The highest BCUT2D eigenvalue weighted by atomic mass is 19.1. The molecule has 16 heavy (non-hydrogen) atoms. The monoisotopic (exact) mass is 221 g/mol. The van der Waals surface area contributed by atoms with Gasteiger partial charge in [-0.05, 0) is 44.1 Å². The molecule has 1 aromatic carbocycles. The molecule has 2 fully saturated rings. The summed E-state index contributed by atoms with van der Waals surface area (Å²) in [5, 5.41) is 0. The molecule has 0 aliphatic carbocycles. The maximum absolute atomic E-state index is 12.8. The van der Waals surface area contributed by atoms with Crippen LogP contribution in [0.15, 0.2) is 24.3 Å². The van der Waals surface area contributed by atoms with Crippen LogP contribution in [-0.4, -0.2) is 30.6 Å². The van der Waals surface area contributed by atoms with Crippen LogP contribution in [0.5, 0.6) is 0 Å². The van der Waals surface area contributed by atoms with E-state index < -0.39 is 0 Å². The number of likely N-dealkylation sites (tertiary alicyclic amines) is 1. The molecule has 0 N–H and O–H groups in total. The number of ether oxygens (including phenoxy) is 1. The van der Waals surface area contributed by atoms with Crippen LogP contribution in [0, 0.1) is 5.82 Å². The first kappa shape index (κ1) is 10.2. The summed E-state index contributed by atoms with van der Waals surface area (Å²) in [5.41, 5.74) is 1.10. The van der Waals surface area contributed by atoms with E-state index in [1.807, 2.05) is 12.1 Å². The molecular weight excluding hydrogens is 205 g/mol. The first-order valence-electron chi connectivity index (χ1n) is 5.87. The quantitative estimate of drug-likeness (QED) is 0.712. The van der Waals surface area contributed by atoms with Gasteiger partial charge in [0, 0.05) is 6.04 Å². The normalized spacial score (nSPS) is 34.2. The summed E-state index contributed by atoms with van der Waals surface area (Å²) >= 11 is 0. The maximum Gasteiger partial charge on any atom is 0.123 e. The van der Waals surface area contributed by atoms with Gasteiger partial charge >= 0.3 is 0 Å². The molecule has 2 nitrogen and oxygen atoms in total. The SMILES string of the molecule is CN1CCC[C@@H]1[C@@H]1O[C@H]1c1ccc(F)cc1. The third-order valence-electron chi connectivity index (χ3n) is 3.68. The lowest BCUT2D eigenvalue weighted by molar-refractivity contribution is 0.243. The number of hydrogen-bond donors (Lipinski definition) is 0. The van der Waals surface area contributed by atoms with Gasteiger partial charge in [-0.15, -0.1) is 0 Å². The van der Waals surface area contributed by atoms with Crippen molar-refractivity contribution in [2.45, 2.75) is 31.1 Å². The topological polar surface area (TPSA) is 15.8 Å². The second kappa shape index (κ2) is 3.82. The van der Waals surface area contributed by atoms with Gasteiger partial charge in [0.15, 0.2) is 0 Å². The van der Waals surface area contributed by atoms with Crippen molar-refractivity contribution in [2.24, 2.45) is 0 Å². The van der Waals surface area contributed by atoms with Crippen LogP contribution < -0.4 is 0 Å². The van der Waals surface area contributed by atoms with Gasteiger partial charge in [-0.2, -0.15) is 0 Å². The highest BCUT2D eigenvalue weighted by Gasteiger charge is 2.48. The van der Waals surface area contributed by atoms with Crippen molar-refractivity contribution >= 4 is 0 Å². The average Bonchev–Trinajstić information content (AvgIpc) is 2.95. The summed E-state index contributed by atoms with van der Waals surface area (Å²) in [4.78, 5) is 2.37. The average molecular weight is 221 g/mol. The van der Waals surface area contributed by atoms with Crippen LogP contribution in [0.25, 0.3) is 0 Å². The fourth-order valence-corrected chi connectivity index (χ4v) is 2.69. The summed E-state index contributed by atoms with van der Waals surface area (Å²) in [6.45, 7) is 1.17. The molecule has 0 spiro atoms. The molecule has 0 amide bonds. The van der Waals surface area contributed by atoms with Crippen LogP contribution in [-0.2, 0) is 4.74 Å². The minimum absolute atomic E-state index is 0.182. The molecule has 2 aliphatic rings. The van der Waals surface area contributed by atoms with Crippen LogP contribution >= 0.6 is 0 Å². The molecule has 3 atom stereocenters. The van der Waals surface area contributed by atoms with Gasteiger partial charge in [-0.1, -0.05) is 12.1 Å². The number of benzene rings is 1. The van der Waals surface area contributed by atoms with Crippen molar-refractivity contribution in [3.05, 3.63) is 35.6 Å². The lowest BCUT2D eigenvalue weighted by atomic mass is 10.0. The van der Waals surface area contributed by atoms with E-state index in [9.17, 15) is 4.39 Å². The third-order valence-corrected chi connectivity index (χ3v) is 3.68. The predicted octanol–water partition coefficient (Wildman–Crippen LogP) is 2.36. The van der Waals surface area contributed by atoms with Crippen LogP contribution in [0.2, 0.25) is 0 Å². The zero-order valence-electron chi connectivity index (χ0n) is 9.40. The summed E-state index contributed by atoms with van der Waals surface area (Å²) in [6, 6.07) is 7.22. The fourth-order valence-electron chi connectivity index (χ4n) is 2.69. The Morgan fingerprint density at radius 2 is 2.06 bits per heavy atom. The first-order chi connectivity index (χ1) is 7.75. The molecular formula is C13H16FNO. The van der Waals surface area contributed by atoms with Gasteiger partial charge < -0.3 is 9.64 Å². The Bertz CT molecular complexity index is 378. The van der Waals surface area contributed by atoms with Crippen molar-refractivity contribution in [3.8, 4) is 0 Å². The van der Waals surface area contributed by atoms with E-state index in [2.05, 4.69) is 11.9 Å². The molecule has 0 saturated carbocycles. The highest BCUT2D eigenvalue weighted by Crippen LogP contribution is 2.44. The van der Waals surface area contributed by atoms with Crippen molar-refractivity contribution in [3.63, 3.8) is 0 Å². The van der Waals surface area contributed by atoms with Crippen molar-refractivity contribution in [1.82, 2.24) is 4.90 Å². The number of likely N-dealkylation sites (N-methyl/N-ethyl adjacent to an activating group) is 1. The van der Waals surface area contributed by atoms with E-state index in [1.54, 1.807) is 0 Å². The molecule has 0 unspecified atom stereocenters. The molecule has 1 aromatic rings. The number of rotatable bonds is 2. The number of nitrogens with zero attached hydrogens (tertiary/aromatic N) is 1. The second-order valence-electron chi connectivity index (χ2n) is 4.76. The van der Waals surface area contributed by atoms with E-state index in [1.165, 1.54) is 31.5 Å². The van der Waals surface area contributed by atoms with Crippen molar-refractivity contribution < 1.29 is 9.13 Å². The molecule has 86 valence electrons. The van der Waals surface area contributed by atoms with Gasteiger partial charge in [0.1, 0.15) is 18.0 Å². The van der Waals surface area contributed by atoms with Gasteiger partial charge in [-0.3, -0.25) is 0 Å². The van der Waals surface area contributed by atoms with Gasteiger partial charge in [0.25, 0.3) is 0 Å². The Kier molecular flexibility index (Phi) is 2.45. The Balaban J connectivity index is 1.69. The van der Waals surface area contributed by atoms with Crippen LogP contribution in [0.1, 0.15) is 24.5 Å². The molecule has 2 aliphatic heterocycles. The largest absolute Gasteiger partial charge is 0.363 e. The van der Waals surface area contributed by atoms with Gasteiger partial charge in [0.05, 0.1) is 0 Å². The highest BCUT2D eigenvalue weighted by molar-refractivity contribution is 5.24. The third kappa shape index (κ3) is 1.74. The van der Waals surface area contributed by atoms with Crippen molar-refractivity contribution in [2.75, 3.05) is 13.6 Å². The van der Waals surface area contributed by atoms with E-state index >= 15 is 0 Å². The Morgan fingerprint density at radius 1 is 1.31 bits per heavy atom. The van der Waals surface area contributed by atoms with E-state index in [4.69, 9.17) is 4.74 Å². The van der Waals surface area contributed by atoms with E-state index in [0.29, 0.717) is 12.1 Å². The van der Waals surface area contributed by atoms with E-state index in [0.717, 1.165) is 5.56 Å². The smallest absolute Gasteiger partial charge is 0.123 e. The number of halogens is 1. The molecule has 2 saturated heterocycles. The zero-order valence-corrected chi connectivity index (χ0v) is 9.40. The zero-order chi connectivity index (χ0) is 11.1. The summed E-state index contributed by atoms with van der Waals surface area (Å²) < 4.78 is 18.5. The number of hydrogen-bond acceptors (Lipinski definition) is 2. The lowest BCUT2D eigenvalue weighted by Gasteiger charge is -2.16. The Labute approximate surface area is 95.0 Å². The summed E-state index contributed by atoms with van der Waals surface area (Å²) in [5.74, 6) is -0.182. The lowest BCUT2D eigenvalue weighted by Crippen LogP contribution is -2.30. The predicted molar refractivity (Wildman–Crippen MR) is 59.7 cm³/mol. The first-order valence-corrected chi connectivity index (χ1v) is 5.87. The minimum Gasteiger partial charge on any atom is -0.363 e. The molecule has 0 aromatic heterocycles. The number of epoxide rings is 1. The van der Waals surface area contributed by atoms with Gasteiger partial charge in [0.2, 0.25) is 0 Å². The summed E-state index contributed by atoms with van der Waals surface area (Å²) in [7, 11) is 2.15. The van der Waals surface area contributed by atoms with E-state index in [-0.39, 0.29) is 11.9 Å². The fraction of sp³-hybridized carbons (Fsp3) is 0.538. The van der Waals surface area contributed by atoms with Crippen LogP contribution in [0.3, 0.4) is 0 Å². The molecule has 2 heterocycles. The maximum atomic E-state index is 12.8.